The van der Waals surface area contributed by atoms with E-state index in [-0.39, 0.29) is 27.1 Å². The molecule has 2 nitrogen and oxygen atoms in total. The molecule has 0 spiro atoms. The minimum atomic E-state index is -0.234. The molecule has 2 aromatic heterocycles. The zero-order valence-electron chi connectivity index (χ0n) is 42.8. The highest BCUT2D eigenvalue weighted by atomic mass is 32.1. The highest BCUT2D eigenvalue weighted by Gasteiger charge is 2.43. The van der Waals surface area contributed by atoms with Gasteiger partial charge in [-0.3, -0.25) is 0 Å². The van der Waals surface area contributed by atoms with Crippen molar-refractivity contribution >= 4 is 93.7 Å². The first-order valence-corrected chi connectivity index (χ1v) is 26.7. The van der Waals surface area contributed by atoms with Gasteiger partial charge in [-0.15, -0.1) is 11.3 Å². The number of thiophene rings is 1. The molecule has 0 unspecified atom stereocenters. The second kappa shape index (κ2) is 13.9. The Kier molecular flexibility index (Phi) is 8.46. The molecule has 3 heterocycles. The average molecular weight is 926 g/mol. The molecular formula is C66H62BN2S. The van der Waals surface area contributed by atoms with Crippen LogP contribution in [0.5, 0.6) is 0 Å². The van der Waals surface area contributed by atoms with Crippen LogP contribution in [0.15, 0.2) is 121 Å². The molecule has 4 aliphatic rings. The third kappa shape index (κ3) is 5.63. The standard InChI is InChI=1S/C66H62BN2S/c1-36-31-44-46(64(6,7)29-27-62(44,2)3)34-51(36)68-50-24-26-53-58(41-32-45-47(35-54(41)70-53)65(8,9)30-28-63(45,4)5)57(50)42-33-48-56(39-19-14-15-21-43(39)66(48,10)11)61-59(42)67-49-22-16-20-40-55-38-18-13-12-17-37(38)23-25-52(55)69(61)60(40)49/h12-26,31-35,68H,27-30H2,1-11H3. The van der Waals surface area contributed by atoms with Crippen molar-refractivity contribution in [3.8, 4) is 27.9 Å². The van der Waals surface area contributed by atoms with Crippen LogP contribution in [0.3, 0.4) is 0 Å². The topological polar surface area (TPSA) is 17.0 Å². The number of nitrogens with one attached hydrogen (secondary N) is 1. The summed E-state index contributed by atoms with van der Waals surface area (Å²) < 4.78 is 5.40. The number of hydrogen-bond acceptors (Lipinski definition) is 2. The monoisotopic (exact) mass is 925 g/mol. The number of nitrogens with zero attached hydrogens (tertiary/aromatic N) is 1. The van der Waals surface area contributed by atoms with Crippen LogP contribution in [0.2, 0.25) is 0 Å². The summed E-state index contributed by atoms with van der Waals surface area (Å²) >= 11 is 1.98. The first-order valence-electron chi connectivity index (χ1n) is 25.9. The van der Waals surface area contributed by atoms with Gasteiger partial charge in [0.05, 0.1) is 5.52 Å². The van der Waals surface area contributed by atoms with Crippen molar-refractivity contribution in [2.24, 2.45) is 0 Å². The van der Waals surface area contributed by atoms with Gasteiger partial charge in [0.15, 0.2) is 7.28 Å². The summed E-state index contributed by atoms with van der Waals surface area (Å²) in [4.78, 5) is 0. The van der Waals surface area contributed by atoms with Gasteiger partial charge >= 0.3 is 0 Å². The Morgan fingerprint density at radius 2 is 1.16 bits per heavy atom. The second-order valence-corrected chi connectivity index (χ2v) is 26.0. The first-order chi connectivity index (χ1) is 33.3. The van der Waals surface area contributed by atoms with Crippen molar-refractivity contribution in [3.63, 3.8) is 0 Å². The average Bonchev–Trinajstić information content (AvgIpc) is 3.95. The van der Waals surface area contributed by atoms with E-state index in [0.717, 1.165) is 5.69 Å². The van der Waals surface area contributed by atoms with Crippen molar-refractivity contribution in [1.82, 2.24) is 4.57 Å². The van der Waals surface area contributed by atoms with Crippen LogP contribution < -0.4 is 16.2 Å². The summed E-state index contributed by atoms with van der Waals surface area (Å²) in [6.45, 7) is 26.9. The predicted molar refractivity (Wildman–Crippen MR) is 304 cm³/mol. The van der Waals surface area contributed by atoms with Crippen molar-refractivity contribution < 1.29 is 0 Å². The molecule has 10 aromatic rings. The van der Waals surface area contributed by atoms with E-state index >= 15 is 0 Å². The summed E-state index contributed by atoms with van der Waals surface area (Å²) in [7, 11) is 2.56. The molecule has 0 fully saturated rings. The summed E-state index contributed by atoms with van der Waals surface area (Å²) in [5.74, 6) is 0. The zero-order valence-corrected chi connectivity index (χ0v) is 43.6. The Morgan fingerprint density at radius 3 is 1.91 bits per heavy atom. The van der Waals surface area contributed by atoms with Gasteiger partial charge in [-0.2, -0.15) is 0 Å². The van der Waals surface area contributed by atoms with E-state index in [1.54, 1.807) is 0 Å². The zero-order chi connectivity index (χ0) is 48.2. The van der Waals surface area contributed by atoms with Gasteiger partial charge < -0.3 is 9.88 Å². The van der Waals surface area contributed by atoms with Crippen LogP contribution >= 0.6 is 11.3 Å². The van der Waals surface area contributed by atoms with Crippen molar-refractivity contribution in [1.29, 1.82) is 0 Å². The van der Waals surface area contributed by atoms with Crippen molar-refractivity contribution in [3.05, 3.63) is 160 Å². The number of anilines is 2. The maximum atomic E-state index is 4.27. The third-order valence-corrected chi connectivity index (χ3v) is 19.6. The molecule has 4 heteroatoms. The second-order valence-electron chi connectivity index (χ2n) is 24.9. The minimum Gasteiger partial charge on any atom is -0.355 e. The number of aromatic nitrogens is 1. The molecule has 0 atom stereocenters. The van der Waals surface area contributed by atoms with Gasteiger partial charge in [-0.25, -0.2) is 0 Å². The van der Waals surface area contributed by atoms with E-state index in [4.69, 9.17) is 0 Å². The van der Waals surface area contributed by atoms with Crippen LogP contribution in [0.25, 0.3) is 80.7 Å². The molecule has 1 radical (unpaired) electrons. The van der Waals surface area contributed by atoms with Crippen LogP contribution in [0.4, 0.5) is 11.4 Å². The number of aryl methyl sites for hydroxylation is 1. The summed E-state index contributed by atoms with van der Waals surface area (Å²) in [6, 6.07) is 47.7. The Labute approximate surface area is 418 Å². The van der Waals surface area contributed by atoms with Gasteiger partial charge in [0.1, 0.15) is 0 Å². The van der Waals surface area contributed by atoms with Crippen LogP contribution in [0.1, 0.15) is 134 Å². The van der Waals surface area contributed by atoms with E-state index in [1.807, 2.05) is 11.3 Å². The summed E-state index contributed by atoms with van der Waals surface area (Å²) in [5.41, 5.74) is 24.4. The highest BCUT2D eigenvalue weighted by molar-refractivity contribution is 7.26. The highest BCUT2D eigenvalue weighted by Crippen LogP contribution is 2.57. The molecule has 0 saturated heterocycles. The third-order valence-electron chi connectivity index (χ3n) is 18.5. The van der Waals surface area contributed by atoms with Crippen molar-refractivity contribution in [2.75, 3.05) is 5.32 Å². The van der Waals surface area contributed by atoms with E-state index in [0.29, 0.717) is 0 Å². The number of fused-ring (bicyclic) bond motifs is 16. The Balaban J connectivity index is 1.14. The maximum absolute atomic E-state index is 4.27. The molecule has 8 aromatic carbocycles. The Bertz CT molecular complexity index is 4000. The van der Waals surface area contributed by atoms with Gasteiger partial charge in [0.25, 0.3) is 0 Å². The van der Waals surface area contributed by atoms with Gasteiger partial charge in [-0.1, -0.05) is 154 Å². The number of hydrogen-bond donors (Lipinski definition) is 1. The molecule has 1 N–H and O–H groups in total. The van der Waals surface area contributed by atoms with Crippen LogP contribution in [0, 0.1) is 6.92 Å². The normalized spacial score (nSPS) is 18.4. The molecule has 14 rings (SSSR count). The predicted octanol–water partition coefficient (Wildman–Crippen LogP) is 17.0. The van der Waals surface area contributed by atoms with Crippen LogP contribution in [-0.2, 0) is 27.1 Å². The Morgan fingerprint density at radius 1 is 0.500 bits per heavy atom. The summed E-state index contributed by atoms with van der Waals surface area (Å²) in [5, 5.41) is 12.2. The van der Waals surface area contributed by atoms with E-state index in [2.05, 4.69) is 215 Å². The maximum Gasteiger partial charge on any atom is 0.197 e. The molecule has 70 heavy (non-hydrogen) atoms. The van der Waals surface area contributed by atoms with E-state index < -0.39 is 0 Å². The first kappa shape index (κ1) is 42.8. The summed E-state index contributed by atoms with van der Waals surface area (Å²) in [6.07, 6.45) is 4.76. The van der Waals surface area contributed by atoms with Gasteiger partial charge in [0.2, 0.25) is 0 Å². The molecular weight excluding hydrogens is 864 g/mol. The lowest BCUT2D eigenvalue weighted by molar-refractivity contribution is 0.332. The molecule has 0 bridgehead atoms. The largest absolute Gasteiger partial charge is 0.355 e. The SMILES string of the molecule is Cc1cc2c(cc1Nc1ccc3sc4cc5c(cc4c3c1-c1cc3c(c4c1[B]c1cccc6c7c8ccccc8ccc7n-4c16)-c1ccccc1C3(C)C)C(C)(C)CCC5(C)C)C(C)(C)CCC2(C)C. The van der Waals surface area contributed by atoms with E-state index in [1.165, 1.54) is 162 Å². The lowest BCUT2D eigenvalue weighted by Crippen LogP contribution is -2.38. The quantitative estimate of drug-likeness (QED) is 0.175. The number of rotatable bonds is 3. The molecule has 0 saturated carbocycles. The van der Waals surface area contributed by atoms with E-state index in [9.17, 15) is 0 Å². The minimum absolute atomic E-state index is 0.0786. The number of benzene rings is 8. The molecule has 3 aliphatic carbocycles. The fourth-order valence-corrected chi connectivity index (χ4v) is 15.2. The molecule has 1 aliphatic heterocycles. The van der Waals surface area contributed by atoms with Crippen LogP contribution in [-0.4, -0.2) is 11.8 Å². The molecule has 345 valence electrons. The van der Waals surface area contributed by atoms with Gasteiger partial charge in [0, 0.05) is 70.1 Å². The number of para-hydroxylation sites is 1. The lowest BCUT2D eigenvalue weighted by atomic mass is 9.58. The fraction of sp³-hybridized carbons (Fsp3) is 0.303. The Hall–Kier alpha value is -6.10. The molecule has 0 amide bonds. The van der Waals surface area contributed by atoms with Gasteiger partial charge in [-0.05, 0) is 163 Å². The fourth-order valence-electron chi connectivity index (χ4n) is 14.1. The van der Waals surface area contributed by atoms with Crippen molar-refractivity contribution in [2.45, 2.75) is 129 Å². The lowest BCUT2D eigenvalue weighted by Gasteiger charge is -2.42. The smallest absolute Gasteiger partial charge is 0.197 e.